The van der Waals surface area contributed by atoms with Crippen molar-refractivity contribution >= 4 is 23.9 Å². The van der Waals surface area contributed by atoms with Crippen LogP contribution in [0, 0.1) is 0 Å². The second-order valence-electron chi connectivity index (χ2n) is 3.24. The van der Waals surface area contributed by atoms with Gasteiger partial charge in [-0.25, -0.2) is 9.59 Å². The van der Waals surface area contributed by atoms with Crippen molar-refractivity contribution in [1.29, 1.82) is 0 Å². The molecule has 2 N–H and O–H groups in total. The SMILES string of the molecule is O=C1CN(CN2CC(=O)NC2=O)C(=O)N1.[K+].[K+]. The Balaban J connectivity index is 0.00000128. The maximum atomic E-state index is 11.1. The van der Waals surface area contributed by atoms with E-state index in [2.05, 4.69) is 10.6 Å². The van der Waals surface area contributed by atoms with Crippen LogP contribution < -0.4 is 113 Å². The minimum atomic E-state index is -0.549. The molecule has 0 spiro atoms. The van der Waals surface area contributed by atoms with Crippen molar-refractivity contribution in [3.05, 3.63) is 0 Å². The molecular weight excluding hydrogens is 282 g/mol. The maximum absolute atomic E-state index is 11.1. The largest absolute Gasteiger partial charge is 1.00 e. The third kappa shape index (κ3) is 4.63. The summed E-state index contributed by atoms with van der Waals surface area (Å²) in [5, 5.41) is 4.14. The van der Waals surface area contributed by atoms with Gasteiger partial charge >= 0.3 is 115 Å². The monoisotopic (exact) mass is 290 g/mol. The second kappa shape index (κ2) is 7.67. The molecule has 0 aliphatic carbocycles. The summed E-state index contributed by atoms with van der Waals surface area (Å²) in [5.41, 5.74) is 0. The van der Waals surface area contributed by atoms with Gasteiger partial charge in [-0.1, -0.05) is 0 Å². The fraction of sp³-hybridized carbons (Fsp3) is 0.429. The van der Waals surface area contributed by atoms with Gasteiger partial charge in [0.2, 0.25) is 11.8 Å². The molecular formula is C7H8K2N4O4+2. The van der Waals surface area contributed by atoms with Crippen molar-refractivity contribution in [1.82, 2.24) is 20.4 Å². The van der Waals surface area contributed by atoms with E-state index in [9.17, 15) is 19.2 Å². The van der Waals surface area contributed by atoms with E-state index >= 15 is 0 Å². The molecule has 0 unspecified atom stereocenters. The fourth-order valence-corrected chi connectivity index (χ4v) is 1.40. The molecule has 6 amide bonds. The number of hydrogen-bond acceptors (Lipinski definition) is 4. The van der Waals surface area contributed by atoms with Crippen LogP contribution in [0.4, 0.5) is 9.59 Å². The van der Waals surface area contributed by atoms with Gasteiger partial charge in [-0.05, 0) is 0 Å². The van der Waals surface area contributed by atoms with E-state index in [1.165, 1.54) is 0 Å². The third-order valence-corrected chi connectivity index (χ3v) is 2.08. The van der Waals surface area contributed by atoms with Crippen LogP contribution in [-0.4, -0.2) is 53.4 Å². The molecule has 2 aliphatic rings. The molecule has 0 radical (unpaired) electrons. The number of imide groups is 2. The molecule has 0 aromatic carbocycles. The van der Waals surface area contributed by atoms with Crippen LogP contribution in [0.3, 0.4) is 0 Å². The normalized spacial score (nSPS) is 18.6. The molecule has 80 valence electrons. The molecule has 0 aromatic rings. The zero-order chi connectivity index (χ0) is 11.0. The van der Waals surface area contributed by atoms with Gasteiger partial charge in [-0.15, -0.1) is 0 Å². The minimum Gasteiger partial charge on any atom is -0.297 e. The topological polar surface area (TPSA) is 98.8 Å². The Hall–Kier alpha value is 1.15. The van der Waals surface area contributed by atoms with Gasteiger partial charge in [0.25, 0.3) is 0 Å². The molecule has 2 aliphatic heterocycles. The summed E-state index contributed by atoms with van der Waals surface area (Å²) >= 11 is 0. The molecule has 0 saturated carbocycles. The van der Waals surface area contributed by atoms with Gasteiger partial charge in [0.1, 0.15) is 19.8 Å². The molecule has 10 heteroatoms. The Bertz CT molecular complexity index is 341. The van der Waals surface area contributed by atoms with Crippen molar-refractivity contribution in [2.24, 2.45) is 0 Å². The average molecular weight is 290 g/mol. The van der Waals surface area contributed by atoms with Gasteiger partial charge in [-0.3, -0.25) is 30.0 Å². The Kier molecular flexibility index (Phi) is 8.19. The van der Waals surface area contributed by atoms with E-state index in [-0.39, 0.29) is 123 Å². The standard InChI is InChI=1S/C7H8N4O4.2K/c12-4-1-10(6(14)8-4)3-11-2-5(13)9-7(11)15;;/h1-3H2,(H,8,12,14)(H,9,13,15);;/q;2*+1. The summed E-state index contributed by atoms with van der Waals surface area (Å²) in [7, 11) is 0. The second-order valence-corrected chi connectivity index (χ2v) is 3.24. The molecule has 17 heavy (non-hydrogen) atoms. The van der Waals surface area contributed by atoms with Gasteiger partial charge < -0.3 is 0 Å². The quantitative estimate of drug-likeness (QED) is 0.390. The minimum absolute atomic E-state index is 0. The van der Waals surface area contributed by atoms with Crippen molar-refractivity contribution in [2.45, 2.75) is 0 Å². The van der Waals surface area contributed by atoms with E-state index in [1.807, 2.05) is 0 Å². The molecule has 2 saturated heterocycles. The van der Waals surface area contributed by atoms with E-state index in [0.29, 0.717) is 0 Å². The Morgan fingerprint density at radius 2 is 1.18 bits per heavy atom. The molecule has 0 atom stereocenters. The van der Waals surface area contributed by atoms with Crippen LogP contribution in [0.15, 0.2) is 0 Å². The summed E-state index contributed by atoms with van der Waals surface area (Å²) < 4.78 is 0. The van der Waals surface area contributed by atoms with E-state index in [0.717, 1.165) is 9.80 Å². The van der Waals surface area contributed by atoms with Crippen LogP contribution >= 0.6 is 0 Å². The smallest absolute Gasteiger partial charge is 0.297 e. The molecule has 0 bridgehead atoms. The van der Waals surface area contributed by atoms with E-state index < -0.39 is 23.9 Å². The predicted molar refractivity (Wildman–Crippen MR) is 45.4 cm³/mol. The molecule has 2 heterocycles. The van der Waals surface area contributed by atoms with Gasteiger partial charge in [0, 0.05) is 0 Å². The first-order valence-electron chi connectivity index (χ1n) is 4.24. The zero-order valence-corrected chi connectivity index (χ0v) is 15.9. The van der Waals surface area contributed by atoms with Crippen molar-refractivity contribution < 1.29 is 122 Å². The molecule has 0 aromatic heterocycles. The van der Waals surface area contributed by atoms with Crippen LogP contribution in [0.5, 0.6) is 0 Å². The molecule has 8 nitrogen and oxygen atoms in total. The molecule has 2 fully saturated rings. The maximum Gasteiger partial charge on any atom is 1.00 e. The van der Waals surface area contributed by atoms with Crippen LogP contribution in [-0.2, 0) is 9.59 Å². The number of rotatable bonds is 2. The summed E-state index contributed by atoms with van der Waals surface area (Å²) in [4.78, 5) is 46.2. The van der Waals surface area contributed by atoms with Crippen molar-refractivity contribution in [3.8, 4) is 0 Å². The van der Waals surface area contributed by atoms with Crippen molar-refractivity contribution in [2.75, 3.05) is 19.8 Å². The van der Waals surface area contributed by atoms with Crippen LogP contribution in [0.1, 0.15) is 0 Å². The number of carbonyl (C=O) groups excluding carboxylic acids is 4. The Morgan fingerprint density at radius 3 is 1.41 bits per heavy atom. The van der Waals surface area contributed by atoms with Crippen molar-refractivity contribution in [3.63, 3.8) is 0 Å². The van der Waals surface area contributed by atoms with E-state index in [1.54, 1.807) is 0 Å². The van der Waals surface area contributed by atoms with Crippen LogP contribution in [0.25, 0.3) is 0 Å². The number of carbonyl (C=O) groups is 4. The summed E-state index contributed by atoms with van der Waals surface area (Å²) in [6.07, 6.45) is 0. The van der Waals surface area contributed by atoms with Gasteiger partial charge in [-0.2, -0.15) is 0 Å². The van der Waals surface area contributed by atoms with Crippen LogP contribution in [0.2, 0.25) is 0 Å². The summed E-state index contributed by atoms with van der Waals surface area (Å²) in [6, 6.07) is -1.10. The number of nitrogens with one attached hydrogen (secondary N) is 2. The first-order chi connectivity index (χ1) is 7.06. The Morgan fingerprint density at radius 1 is 0.824 bits per heavy atom. The fourth-order valence-electron chi connectivity index (χ4n) is 1.40. The molecule has 2 rings (SSSR count). The Labute approximate surface area is 182 Å². The number of amides is 6. The predicted octanol–water partition coefficient (Wildman–Crippen LogP) is -7.94. The summed E-state index contributed by atoms with van der Waals surface area (Å²) in [5.74, 6) is -0.822. The van der Waals surface area contributed by atoms with Gasteiger partial charge in [0.15, 0.2) is 0 Å². The first kappa shape index (κ1) is 18.2. The van der Waals surface area contributed by atoms with Gasteiger partial charge in [0.05, 0.1) is 0 Å². The summed E-state index contributed by atoms with van der Waals surface area (Å²) in [6.45, 7) is -0.233. The first-order valence-corrected chi connectivity index (χ1v) is 4.24. The number of urea groups is 2. The number of hydrogen-bond donors (Lipinski definition) is 2. The zero-order valence-electron chi connectivity index (χ0n) is 9.65. The third-order valence-electron chi connectivity index (χ3n) is 2.08. The van der Waals surface area contributed by atoms with E-state index in [4.69, 9.17) is 0 Å². The number of nitrogens with zero attached hydrogens (tertiary/aromatic N) is 2. The average Bonchev–Trinajstić information content (AvgIpc) is 2.58.